The van der Waals surface area contributed by atoms with Crippen LogP contribution in [0.3, 0.4) is 0 Å². The van der Waals surface area contributed by atoms with Crippen molar-refractivity contribution in [3.63, 3.8) is 0 Å². The molecule has 1 aromatic rings. The first-order chi connectivity index (χ1) is 13.0. The van der Waals surface area contributed by atoms with Crippen molar-refractivity contribution < 1.29 is 19.1 Å². The van der Waals surface area contributed by atoms with Crippen molar-refractivity contribution in [2.75, 3.05) is 19.8 Å². The van der Waals surface area contributed by atoms with Crippen molar-refractivity contribution in [1.29, 1.82) is 5.26 Å². The number of hydrogen-bond donors (Lipinski definition) is 2. The fraction of sp³-hybridized carbons (Fsp3) is 0.550. The summed E-state index contributed by atoms with van der Waals surface area (Å²) in [4.78, 5) is 23.9. The third kappa shape index (κ3) is 7.27. The quantitative estimate of drug-likeness (QED) is 0.729. The minimum Gasteiger partial charge on any atom is -0.445 e. The summed E-state index contributed by atoms with van der Waals surface area (Å²) in [5.74, 6) is -0.0624. The van der Waals surface area contributed by atoms with Gasteiger partial charge in [-0.15, -0.1) is 0 Å². The van der Waals surface area contributed by atoms with Gasteiger partial charge in [-0.2, -0.15) is 5.26 Å². The number of amides is 2. The van der Waals surface area contributed by atoms with Crippen LogP contribution in [0.25, 0.3) is 0 Å². The summed E-state index contributed by atoms with van der Waals surface area (Å²) in [5.41, 5.74) is 0.117. The van der Waals surface area contributed by atoms with E-state index in [-0.39, 0.29) is 18.4 Å². The first kappa shape index (κ1) is 20.7. The molecule has 7 heteroatoms. The van der Waals surface area contributed by atoms with Gasteiger partial charge in [0.05, 0.1) is 6.07 Å². The molecule has 27 heavy (non-hydrogen) atoms. The van der Waals surface area contributed by atoms with Crippen LogP contribution in [-0.2, 0) is 20.9 Å². The number of benzene rings is 1. The predicted molar refractivity (Wildman–Crippen MR) is 99.6 cm³/mol. The standard InChI is InChI=1S/C20H27N3O4/c1-16(13-18(24)23-20(15-21)8-11-26-12-9-20)7-10-22-19(25)27-14-17-5-3-2-4-6-17/h2-6,16H,7-14H2,1H3,(H,22,25)(H,23,24). The van der Waals surface area contributed by atoms with E-state index in [1.165, 1.54) is 0 Å². The molecule has 1 aliphatic rings. The van der Waals surface area contributed by atoms with Crippen molar-refractivity contribution in [1.82, 2.24) is 10.6 Å². The SMILES string of the molecule is CC(CCNC(=O)OCc1ccccc1)CC(=O)NC1(C#N)CCOCC1. The third-order valence-corrected chi connectivity index (χ3v) is 4.59. The first-order valence-electron chi connectivity index (χ1n) is 9.27. The molecule has 1 aliphatic heterocycles. The smallest absolute Gasteiger partial charge is 0.407 e. The second kappa shape index (κ2) is 10.5. The number of nitriles is 1. The van der Waals surface area contributed by atoms with Crippen molar-refractivity contribution in [3.05, 3.63) is 35.9 Å². The van der Waals surface area contributed by atoms with E-state index in [0.29, 0.717) is 45.4 Å². The van der Waals surface area contributed by atoms with Crippen LogP contribution in [0.4, 0.5) is 4.79 Å². The predicted octanol–water partition coefficient (Wildman–Crippen LogP) is 2.52. The molecule has 0 aromatic heterocycles. The summed E-state index contributed by atoms with van der Waals surface area (Å²) in [7, 11) is 0. The minimum atomic E-state index is -0.811. The zero-order chi connectivity index (χ0) is 19.5. The zero-order valence-electron chi connectivity index (χ0n) is 15.7. The second-order valence-corrected chi connectivity index (χ2v) is 6.94. The maximum atomic E-state index is 12.2. The topological polar surface area (TPSA) is 100 Å². The molecule has 1 atom stereocenters. The van der Waals surface area contributed by atoms with Crippen LogP contribution in [0.1, 0.15) is 38.2 Å². The molecule has 0 bridgehead atoms. The monoisotopic (exact) mass is 373 g/mol. The van der Waals surface area contributed by atoms with Crippen molar-refractivity contribution in [2.45, 2.75) is 44.8 Å². The average molecular weight is 373 g/mol. The van der Waals surface area contributed by atoms with Crippen LogP contribution in [0.5, 0.6) is 0 Å². The van der Waals surface area contributed by atoms with Crippen LogP contribution in [0, 0.1) is 17.2 Å². The van der Waals surface area contributed by atoms with Crippen LogP contribution < -0.4 is 10.6 Å². The Bertz CT molecular complexity index is 651. The highest BCUT2D eigenvalue weighted by molar-refractivity contribution is 5.77. The lowest BCUT2D eigenvalue weighted by Gasteiger charge is -2.31. The van der Waals surface area contributed by atoms with Crippen molar-refractivity contribution >= 4 is 12.0 Å². The Balaban J connectivity index is 1.62. The van der Waals surface area contributed by atoms with E-state index in [9.17, 15) is 14.9 Å². The van der Waals surface area contributed by atoms with Gasteiger partial charge in [-0.1, -0.05) is 37.3 Å². The lowest BCUT2D eigenvalue weighted by molar-refractivity contribution is -0.124. The van der Waals surface area contributed by atoms with E-state index in [4.69, 9.17) is 9.47 Å². The largest absolute Gasteiger partial charge is 0.445 e. The Hall–Kier alpha value is -2.59. The van der Waals surface area contributed by atoms with Crippen LogP contribution in [-0.4, -0.2) is 37.3 Å². The Kier molecular flexibility index (Phi) is 8.08. The maximum Gasteiger partial charge on any atom is 0.407 e. The molecule has 146 valence electrons. The molecule has 1 fully saturated rings. The maximum absolute atomic E-state index is 12.2. The number of nitrogens with zero attached hydrogens (tertiary/aromatic N) is 1. The number of nitrogens with one attached hydrogen (secondary N) is 2. The molecule has 1 aromatic carbocycles. The van der Waals surface area contributed by atoms with Crippen molar-refractivity contribution in [3.8, 4) is 6.07 Å². The summed E-state index contributed by atoms with van der Waals surface area (Å²) in [6.07, 6.45) is 1.51. The molecule has 1 heterocycles. The van der Waals surface area contributed by atoms with Gasteiger partial charge in [0.25, 0.3) is 0 Å². The molecule has 1 saturated heterocycles. The van der Waals surface area contributed by atoms with Gasteiger partial charge >= 0.3 is 6.09 Å². The second-order valence-electron chi connectivity index (χ2n) is 6.94. The molecule has 2 N–H and O–H groups in total. The number of ether oxygens (including phenoxy) is 2. The average Bonchev–Trinajstić information content (AvgIpc) is 2.67. The third-order valence-electron chi connectivity index (χ3n) is 4.59. The number of carbonyl (C=O) groups excluding carboxylic acids is 2. The highest BCUT2D eigenvalue weighted by Crippen LogP contribution is 2.20. The number of rotatable bonds is 8. The van der Waals surface area contributed by atoms with E-state index < -0.39 is 11.6 Å². The fourth-order valence-electron chi connectivity index (χ4n) is 2.92. The zero-order valence-corrected chi connectivity index (χ0v) is 15.7. The van der Waals surface area contributed by atoms with Gasteiger partial charge in [0.15, 0.2) is 0 Å². The highest BCUT2D eigenvalue weighted by atomic mass is 16.5. The summed E-state index contributed by atoms with van der Waals surface area (Å²) in [6.45, 7) is 3.57. The lowest BCUT2D eigenvalue weighted by atomic mass is 9.91. The lowest BCUT2D eigenvalue weighted by Crippen LogP contribution is -2.51. The highest BCUT2D eigenvalue weighted by Gasteiger charge is 2.34. The van der Waals surface area contributed by atoms with E-state index in [2.05, 4.69) is 16.7 Å². The van der Waals surface area contributed by atoms with Gasteiger partial charge in [0.2, 0.25) is 5.91 Å². The van der Waals surface area contributed by atoms with Gasteiger partial charge in [0.1, 0.15) is 12.1 Å². The van der Waals surface area contributed by atoms with Crippen LogP contribution in [0.15, 0.2) is 30.3 Å². The van der Waals surface area contributed by atoms with Gasteiger partial charge in [0, 0.05) is 39.0 Å². The molecule has 7 nitrogen and oxygen atoms in total. The summed E-state index contributed by atoms with van der Waals surface area (Å²) < 4.78 is 10.4. The van der Waals surface area contributed by atoms with Crippen molar-refractivity contribution in [2.24, 2.45) is 5.92 Å². The molecule has 0 radical (unpaired) electrons. The van der Waals surface area contributed by atoms with Crippen LogP contribution in [0.2, 0.25) is 0 Å². The van der Waals surface area contributed by atoms with Gasteiger partial charge in [-0.25, -0.2) is 4.79 Å². The molecule has 2 amide bonds. The molecule has 0 aliphatic carbocycles. The first-order valence-corrected chi connectivity index (χ1v) is 9.27. The number of carbonyl (C=O) groups is 2. The molecule has 2 rings (SSSR count). The van der Waals surface area contributed by atoms with E-state index >= 15 is 0 Å². The Morgan fingerprint density at radius 1 is 1.30 bits per heavy atom. The van der Waals surface area contributed by atoms with E-state index in [1.54, 1.807) is 0 Å². The molecular formula is C20H27N3O4. The number of alkyl carbamates (subject to hydrolysis) is 1. The minimum absolute atomic E-state index is 0.0787. The summed E-state index contributed by atoms with van der Waals surface area (Å²) in [6, 6.07) is 11.7. The van der Waals surface area contributed by atoms with Gasteiger partial charge < -0.3 is 20.1 Å². The Morgan fingerprint density at radius 3 is 2.67 bits per heavy atom. The fourth-order valence-corrected chi connectivity index (χ4v) is 2.92. The van der Waals surface area contributed by atoms with Crippen LogP contribution >= 0.6 is 0 Å². The molecule has 0 spiro atoms. The summed E-state index contributed by atoms with van der Waals surface area (Å²) in [5, 5.41) is 14.9. The van der Waals surface area contributed by atoms with Gasteiger partial charge in [-0.3, -0.25) is 4.79 Å². The van der Waals surface area contributed by atoms with E-state index in [1.807, 2.05) is 37.3 Å². The normalized spacial score (nSPS) is 16.6. The van der Waals surface area contributed by atoms with Gasteiger partial charge in [-0.05, 0) is 17.9 Å². The molecule has 1 unspecified atom stereocenters. The molecular weight excluding hydrogens is 346 g/mol. The Labute approximate surface area is 160 Å². The van der Waals surface area contributed by atoms with E-state index in [0.717, 1.165) is 5.56 Å². The summed E-state index contributed by atoms with van der Waals surface area (Å²) >= 11 is 0. The number of hydrogen-bond acceptors (Lipinski definition) is 5. The Morgan fingerprint density at radius 2 is 2.00 bits per heavy atom. The molecule has 0 saturated carbocycles.